The lowest BCUT2D eigenvalue weighted by atomic mass is 9.87. The van der Waals surface area contributed by atoms with Gasteiger partial charge in [-0.05, 0) is 51.6 Å². The van der Waals surface area contributed by atoms with Gasteiger partial charge >= 0.3 is 0 Å². The van der Waals surface area contributed by atoms with Gasteiger partial charge in [0.15, 0.2) is 8.32 Å². The second-order valence-corrected chi connectivity index (χ2v) is 13.6. The summed E-state index contributed by atoms with van der Waals surface area (Å²) in [6, 6.07) is 6.05. The third-order valence-electron chi connectivity index (χ3n) is 4.01. The van der Waals surface area contributed by atoms with E-state index in [1.165, 1.54) is 0 Å². The second-order valence-electron chi connectivity index (χ2n) is 8.01. The second kappa shape index (κ2) is 5.89. The van der Waals surface area contributed by atoms with Crippen LogP contribution in [0.25, 0.3) is 0 Å². The van der Waals surface area contributed by atoms with Crippen molar-refractivity contribution < 1.29 is 4.43 Å². The van der Waals surface area contributed by atoms with E-state index in [0.29, 0.717) is 0 Å². The maximum atomic E-state index is 6.66. The first-order valence-electron chi connectivity index (χ1n) is 7.15. The van der Waals surface area contributed by atoms with E-state index in [0.717, 1.165) is 10.3 Å². The monoisotopic (exact) mass is 357 g/mol. The Hall–Kier alpha value is -0.193. The first-order valence-corrected chi connectivity index (χ1v) is 10.8. The summed E-state index contributed by atoms with van der Waals surface area (Å²) in [5.41, 5.74) is 1.03. The summed E-state index contributed by atoms with van der Waals surface area (Å²) >= 11 is 3.46. The van der Waals surface area contributed by atoms with Gasteiger partial charge < -0.3 is 4.43 Å². The molecule has 0 saturated carbocycles. The number of halogens is 1. The van der Waals surface area contributed by atoms with E-state index in [1.807, 2.05) is 12.1 Å². The Labute approximate surface area is 133 Å². The zero-order valence-electron chi connectivity index (χ0n) is 14.0. The third-order valence-corrected chi connectivity index (χ3v) is 8.89. The molecule has 0 aromatic carbocycles. The zero-order chi connectivity index (χ0) is 15.8. The molecule has 1 heterocycles. The molecule has 0 fully saturated rings. The summed E-state index contributed by atoms with van der Waals surface area (Å²) in [5, 5.41) is 0.197. The van der Waals surface area contributed by atoms with Crippen LogP contribution >= 0.6 is 15.9 Å². The summed E-state index contributed by atoms with van der Waals surface area (Å²) in [6.07, 6.45) is 0.0147. The molecule has 2 nitrogen and oxygen atoms in total. The van der Waals surface area contributed by atoms with Crippen molar-refractivity contribution in [2.24, 2.45) is 5.41 Å². The lowest BCUT2D eigenvalue weighted by molar-refractivity contribution is 0.0689. The molecule has 0 unspecified atom stereocenters. The first kappa shape index (κ1) is 17.9. The molecule has 1 rings (SSSR count). The predicted molar refractivity (Wildman–Crippen MR) is 92.4 cm³/mol. The predicted octanol–water partition coefficient (Wildman–Crippen LogP) is 5.95. The van der Waals surface area contributed by atoms with Crippen LogP contribution in [0.5, 0.6) is 0 Å². The van der Waals surface area contributed by atoms with Crippen LogP contribution in [0.15, 0.2) is 22.8 Å². The van der Waals surface area contributed by atoms with Crippen molar-refractivity contribution in [2.45, 2.75) is 65.8 Å². The molecule has 114 valence electrons. The van der Waals surface area contributed by atoms with Gasteiger partial charge in [0.05, 0.1) is 11.8 Å². The van der Waals surface area contributed by atoms with Crippen LogP contribution in [0.1, 0.15) is 53.3 Å². The van der Waals surface area contributed by atoms with E-state index in [2.05, 4.69) is 81.6 Å². The molecule has 0 amide bonds. The van der Waals surface area contributed by atoms with E-state index in [9.17, 15) is 0 Å². The molecule has 0 radical (unpaired) electrons. The van der Waals surface area contributed by atoms with Gasteiger partial charge in [0, 0.05) is 0 Å². The average molecular weight is 358 g/mol. The molecule has 0 saturated heterocycles. The molecule has 0 aliphatic heterocycles. The topological polar surface area (TPSA) is 22.1 Å². The van der Waals surface area contributed by atoms with Gasteiger partial charge in [-0.25, -0.2) is 4.98 Å². The summed E-state index contributed by atoms with van der Waals surface area (Å²) in [7, 11) is -1.83. The summed E-state index contributed by atoms with van der Waals surface area (Å²) < 4.78 is 7.53. The Morgan fingerprint density at radius 2 is 1.65 bits per heavy atom. The van der Waals surface area contributed by atoms with E-state index in [4.69, 9.17) is 4.43 Å². The Balaban J connectivity index is 3.17. The number of nitrogens with zero attached hydrogens (tertiary/aromatic N) is 1. The van der Waals surface area contributed by atoms with Crippen molar-refractivity contribution in [3.8, 4) is 0 Å². The quantitative estimate of drug-likeness (QED) is 0.492. The molecule has 0 spiro atoms. The van der Waals surface area contributed by atoms with Crippen molar-refractivity contribution >= 4 is 24.2 Å². The number of hydrogen-bond acceptors (Lipinski definition) is 2. The standard InChI is InChI=1S/C16H28BrNOSi/c1-15(2,3)14(12-10-9-11-13(17)18-12)19-20(7,8)16(4,5)6/h9-11,14H,1-8H3/t14-/m1/s1. The number of pyridine rings is 1. The molecule has 1 aromatic rings. The van der Waals surface area contributed by atoms with Crippen molar-refractivity contribution in [3.05, 3.63) is 28.5 Å². The van der Waals surface area contributed by atoms with Crippen molar-refractivity contribution in [2.75, 3.05) is 0 Å². The zero-order valence-corrected chi connectivity index (χ0v) is 16.6. The molecule has 1 aromatic heterocycles. The van der Waals surface area contributed by atoms with Gasteiger partial charge in [0.2, 0.25) is 0 Å². The lowest BCUT2D eigenvalue weighted by Crippen LogP contribution is -2.44. The van der Waals surface area contributed by atoms with Crippen LogP contribution in [-0.2, 0) is 4.43 Å². The van der Waals surface area contributed by atoms with E-state index in [1.54, 1.807) is 0 Å². The van der Waals surface area contributed by atoms with Gasteiger partial charge in [-0.3, -0.25) is 0 Å². The smallest absolute Gasteiger partial charge is 0.193 e. The highest BCUT2D eigenvalue weighted by Gasteiger charge is 2.42. The van der Waals surface area contributed by atoms with Crippen molar-refractivity contribution in [1.82, 2.24) is 4.98 Å². The average Bonchev–Trinajstić information content (AvgIpc) is 2.22. The maximum Gasteiger partial charge on any atom is 0.193 e. The Morgan fingerprint density at radius 3 is 2.05 bits per heavy atom. The van der Waals surface area contributed by atoms with Gasteiger partial charge in [0.1, 0.15) is 4.60 Å². The van der Waals surface area contributed by atoms with Gasteiger partial charge in [-0.15, -0.1) is 0 Å². The molecule has 0 bridgehead atoms. The molecule has 0 aliphatic carbocycles. The highest BCUT2D eigenvalue weighted by Crippen LogP contribution is 2.44. The summed E-state index contributed by atoms with van der Waals surface area (Å²) in [5.74, 6) is 0. The van der Waals surface area contributed by atoms with E-state index < -0.39 is 8.32 Å². The van der Waals surface area contributed by atoms with Crippen LogP contribution in [0.4, 0.5) is 0 Å². The molecule has 0 aliphatic rings. The fourth-order valence-electron chi connectivity index (χ4n) is 1.72. The van der Waals surface area contributed by atoms with Crippen LogP contribution in [0, 0.1) is 5.41 Å². The minimum atomic E-state index is -1.83. The minimum absolute atomic E-state index is 0.0147. The van der Waals surface area contributed by atoms with Gasteiger partial charge in [0.25, 0.3) is 0 Å². The van der Waals surface area contributed by atoms with Crippen molar-refractivity contribution in [1.29, 1.82) is 0 Å². The Kier molecular flexibility index (Phi) is 5.26. The Morgan fingerprint density at radius 1 is 1.10 bits per heavy atom. The summed E-state index contributed by atoms with van der Waals surface area (Å²) in [4.78, 5) is 4.62. The maximum absolute atomic E-state index is 6.66. The SMILES string of the molecule is CC(C)(C)[C@H](O[Si](C)(C)C(C)(C)C)c1cccc(Br)n1. The molecule has 4 heteroatoms. The van der Waals surface area contributed by atoms with Crippen LogP contribution < -0.4 is 0 Å². The van der Waals surface area contributed by atoms with Crippen LogP contribution in [0.2, 0.25) is 18.1 Å². The molecular weight excluding hydrogens is 330 g/mol. The van der Waals surface area contributed by atoms with Crippen LogP contribution in [-0.4, -0.2) is 13.3 Å². The normalized spacial score (nSPS) is 15.2. The number of aromatic nitrogens is 1. The molecule has 0 N–H and O–H groups in total. The Bertz CT molecular complexity index is 460. The number of rotatable bonds is 3. The van der Waals surface area contributed by atoms with E-state index in [-0.39, 0.29) is 16.6 Å². The first-order chi connectivity index (χ1) is 8.84. The fraction of sp³-hybridized carbons (Fsp3) is 0.688. The van der Waals surface area contributed by atoms with Gasteiger partial charge in [-0.1, -0.05) is 47.6 Å². The van der Waals surface area contributed by atoms with E-state index >= 15 is 0 Å². The van der Waals surface area contributed by atoms with Gasteiger partial charge in [-0.2, -0.15) is 0 Å². The minimum Gasteiger partial charge on any atom is -0.408 e. The lowest BCUT2D eigenvalue weighted by Gasteiger charge is -2.43. The van der Waals surface area contributed by atoms with Crippen molar-refractivity contribution in [3.63, 3.8) is 0 Å². The summed E-state index contributed by atoms with van der Waals surface area (Å²) in [6.45, 7) is 18.1. The fourth-order valence-corrected chi connectivity index (χ4v) is 3.50. The highest BCUT2D eigenvalue weighted by molar-refractivity contribution is 9.10. The highest BCUT2D eigenvalue weighted by atomic mass is 79.9. The number of hydrogen-bond donors (Lipinski definition) is 0. The molecule has 20 heavy (non-hydrogen) atoms. The molecule has 1 atom stereocenters. The largest absolute Gasteiger partial charge is 0.408 e. The molecular formula is C16H28BrNOSi. The van der Waals surface area contributed by atoms with Crippen LogP contribution in [0.3, 0.4) is 0 Å². The third kappa shape index (κ3) is 4.40.